The van der Waals surface area contributed by atoms with Crippen molar-refractivity contribution in [1.82, 2.24) is 9.80 Å². The van der Waals surface area contributed by atoms with Crippen LogP contribution in [0.4, 0.5) is 4.79 Å². The standard InChI is InChI=1S/C13H24N2O6/c1-14(11-9-21-8-10(11)12(16)17)13(18)15(4-6-19-2)5-7-20-3/h10-11H,4-9H2,1-3H3,(H,16,17). The molecule has 0 aromatic heterocycles. The van der Waals surface area contributed by atoms with Gasteiger partial charge in [0.25, 0.3) is 0 Å². The Kier molecular flexibility index (Phi) is 7.41. The molecule has 0 aliphatic carbocycles. The van der Waals surface area contributed by atoms with E-state index in [9.17, 15) is 9.59 Å². The zero-order valence-corrected chi connectivity index (χ0v) is 12.8. The van der Waals surface area contributed by atoms with Crippen molar-refractivity contribution in [2.75, 3.05) is 60.8 Å². The molecule has 1 aliphatic heterocycles. The highest BCUT2D eigenvalue weighted by Crippen LogP contribution is 2.20. The molecule has 1 aliphatic rings. The number of hydrogen-bond acceptors (Lipinski definition) is 5. The van der Waals surface area contributed by atoms with E-state index in [-0.39, 0.29) is 19.2 Å². The van der Waals surface area contributed by atoms with Gasteiger partial charge in [0.1, 0.15) is 5.92 Å². The van der Waals surface area contributed by atoms with E-state index in [2.05, 4.69) is 0 Å². The maximum absolute atomic E-state index is 12.5. The second-order valence-corrected chi connectivity index (χ2v) is 4.92. The molecule has 1 saturated heterocycles. The minimum absolute atomic E-state index is 0.133. The third-order valence-electron chi connectivity index (χ3n) is 3.57. The van der Waals surface area contributed by atoms with Gasteiger partial charge in [0, 0.05) is 34.4 Å². The quantitative estimate of drug-likeness (QED) is 0.664. The number of ether oxygens (including phenoxy) is 3. The van der Waals surface area contributed by atoms with Gasteiger partial charge in [-0.2, -0.15) is 0 Å². The van der Waals surface area contributed by atoms with Crippen LogP contribution in [0.15, 0.2) is 0 Å². The summed E-state index contributed by atoms with van der Waals surface area (Å²) in [6.07, 6.45) is 0. The Balaban J connectivity index is 2.69. The molecule has 0 saturated carbocycles. The first-order chi connectivity index (χ1) is 10.0. The van der Waals surface area contributed by atoms with Crippen LogP contribution in [0.5, 0.6) is 0 Å². The van der Waals surface area contributed by atoms with Crippen LogP contribution in [-0.2, 0) is 19.0 Å². The number of carbonyl (C=O) groups excluding carboxylic acids is 1. The lowest BCUT2D eigenvalue weighted by Crippen LogP contribution is -2.51. The first-order valence-corrected chi connectivity index (χ1v) is 6.83. The Morgan fingerprint density at radius 2 is 1.76 bits per heavy atom. The summed E-state index contributed by atoms with van der Waals surface area (Å²) >= 11 is 0. The molecular formula is C13H24N2O6. The van der Waals surface area contributed by atoms with E-state index in [4.69, 9.17) is 19.3 Å². The monoisotopic (exact) mass is 304 g/mol. The van der Waals surface area contributed by atoms with E-state index in [1.165, 1.54) is 4.90 Å². The Labute approximate surface area is 124 Å². The molecule has 0 spiro atoms. The fourth-order valence-corrected chi connectivity index (χ4v) is 2.23. The molecule has 1 fully saturated rings. The summed E-state index contributed by atoms with van der Waals surface area (Å²) in [5.74, 6) is -1.64. The lowest BCUT2D eigenvalue weighted by Gasteiger charge is -2.32. The van der Waals surface area contributed by atoms with E-state index in [1.54, 1.807) is 26.2 Å². The third kappa shape index (κ3) is 4.83. The van der Waals surface area contributed by atoms with Crippen LogP contribution in [0.2, 0.25) is 0 Å². The largest absolute Gasteiger partial charge is 0.481 e. The molecule has 8 heteroatoms. The van der Waals surface area contributed by atoms with Crippen LogP contribution in [0.1, 0.15) is 0 Å². The lowest BCUT2D eigenvalue weighted by molar-refractivity contribution is -0.142. The Morgan fingerprint density at radius 1 is 1.19 bits per heavy atom. The van der Waals surface area contributed by atoms with Gasteiger partial charge in [-0.3, -0.25) is 4.79 Å². The first kappa shape index (κ1) is 17.7. The highest BCUT2D eigenvalue weighted by atomic mass is 16.5. The summed E-state index contributed by atoms with van der Waals surface area (Å²) in [7, 11) is 4.73. The van der Waals surface area contributed by atoms with Gasteiger partial charge in [0.05, 0.1) is 32.5 Å². The molecule has 8 nitrogen and oxygen atoms in total. The van der Waals surface area contributed by atoms with Crippen molar-refractivity contribution in [2.24, 2.45) is 5.92 Å². The van der Waals surface area contributed by atoms with Crippen molar-refractivity contribution in [3.63, 3.8) is 0 Å². The van der Waals surface area contributed by atoms with Gasteiger partial charge < -0.3 is 29.1 Å². The van der Waals surface area contributed by atoms with Crippen LogP contribution in [0.3, 0.4) is 0 Å². The minimum Gasteiger partial charge on any atom is -0.481 e. The summed E-state index contributed by atoms with van der Waals surface area (Å²) in [4.78, 5) is 26.7. The number of carboxylic acid groups (broad SMARTS) is 1. The van der Waals surface area contributed by atoms with E-state index in [1.807, 2.05) is 0 Å². The maximum atomic E-state index is 12.5. The Hall–Kier alpha value is -1.38. The molecular weight excluding hydrogens is 280 g/mol. The van der Waals surface area contributed by atoms with Crippen molar-refractivity contribution < 1.29 is 28.9 Å². The number of urea groups is 1. The summed E-state index contributed by atoms with van der Waals surface area (Å²) < 4.78 is 15.2. The molecule has 1 rings (SSSR count). The fourth-order valence-electron chi connectivity index (χ4n) is 2.23. The van der Waals surface area contributed by atoms with Crippen LogP contribution >= 0.6 is 0 Å². The van der Waals surface area contributed by atoms with Crippen molar-refractivity contribution in [2.45, 2.75) is 6.04 Å². The van der Waals surface area contributed by atoms with Gasteiger partial charge >= 0.3 is 12.0 Å². The van der Waals surface area contributed by atoms with Gasteiger partial charge in [-0.05, 0) is 0 Å². The minimum atomic E-state index is -0.947. The molecule has 2 unspecified atom stereocenters. The number of likely N-dealkylation sites (N-methyl/N-ethyl adjacent to an activating group) is 1. The number of nitrogens with zero attached hydrogens (tertiary/aromatic N) is 2. The molecule has 0 aromatic rings. The van der Waals surface area contributed by atoms with Crippen LogP contribution in [0, 0.1) is 5.92 Å². The molecule has 2 atom stereocenters. The molecule has 2 amide bonds. The average Bonchev–Trinajstić information content (AvgIpc) is 2.95. The zero-order chi connectivity index (χ0) is 15.8. The normalized spacial score (nSPS) is 21.3. The number of rotatable bonds is 8. The molecule has 122 valence electrons. The van der Waals surface area contributed by atoms with E-state index in [0.717, 1.165) is 0 Å². The Morgan fingerprint density at radius 3 is 2.24 bits per heavy atom. The molecule has 1 N–H and O–H groups in total. The first-order valence-electron chi connectivity index (χ1n) is 6.83. The number of carboxylic acids is 1. The topological polar surface area (TPSA) is 88.5 Å². The molecule has 1 heterocycles. The molecule has 0 aromatic carbocycles. The number of aliphatic carboxylic acids is 1. The summed E-state index contributed by atoms with van der Waals surface area (Å²) in [5, 5.41) is 9.16. The lowest BCUT2D eigenvalue weighted by atomic mass is 10.0. The zero-order valence-electron chi connectivity index (χ0n) is 12.8. The molecule has 0 radical (unpaired) electrons. The van der Waals surface area contributed by atoms with Gasteiger partial charge in [-0.15, -0.1) is 0 Å². The van der Waals surface area contributed by atoms with Gasteiger partial charge in [-0.1, -0.05) is 0 Å². The van der Waals surface area contributed by atoms with Crippen LogP contribution in [0.25, 0.3) is 0 Å². The van der Waals surface area contributed by atoms with E-state index < -0.39 is 17.9 Å². The highest BCUT2D eigenvalue weighted by Gasteiger charge is 2.39. The van der Waals surface area contributed by atoms with Crippen LogP contribution in [-0.4, -0.2) is 93.7 Å². The van der Waals surface area contributed by atoms with E-state index >= 15 is 0 Å². The number of amides is 2. The van der Waals surface area contributed by atoms with Crippen molar-refractivity contribution in [3.8, 4) is 0 Å². The average molecular weight is 304 g/mol. The van der Waals surface area contributed by atoms with E-state index in [0.29, 0.717) is 26.3 Å². The number of methoxy groups -OCH3 is 2. The second kappa shape index (κ2) is 8.81. The van der Waals surface area contributed by atoms with Crippen LogP contribution < -0.4 is 0 Å². The smallest absolute Gasteiger partial charge is 0.320 e. The fraction of sp³-hybridized carbons (Fsp3) is 0.846. The van der Waals surface area contributed by atoms with Gasteiger partial charge in [0.2, 0.25) is 0 Å². The number of carbonyl (C=O) groups is 2. The Bertz CT molecular complexity index is 344. The third-order valence-corrected chi connectivity index (χ3v) is 3.57. The van der Waals surface area contributed by atoms with Crippen molar-refractivity contribution >= 4 is 12.0 Å². The summed E-state index contributed by atoms with van der Waals surface area (Å²) in [6, 6.07) is -0.701. The summed E-state index contributed by atoms with van der Waals surface area (Å²) in [6.45, 7) is 2.04. The summed E-state index contributed by atoms with van der Waals surface area (Å²) in [5.41, 5.74) is 0. The second-order valence-electron chi connectivity index (χ2n) is 4.92. The highest BCUT2D eigenvalue weighted by molar-refractivity contribution is 5.77. The van der Waals surface area contributed by atoms with Crippen molar-refractivity contribution in [1.29, 1.82) is 0 Å². The maximum Gasteiger partial charge on any atom is 0.320 e. The number of hydrogen-bond donors (Lipinski definition) is 1. The predicted octanol–water partition coefficient (Wildman–Crippen LogP) is -0.267. The SMILES string of the molecule is COCCN(CCOC)C(=O)N(C)C1COCC1C(=O)O. The van der Waals surface area contributed by atoms with Crippen molar-refractivity contribution in [3.05, 3.63) is 0 Å². The molecule has 0 bridgehead atoms. The van der Waals surface area contributed by atoms with Gasteiger partial charge in [0.15, 0.2) is 0 Å². The molecule has 21 heavy (non-hydrogen) atoms. The van der Waals surface area contributed by atoms with Gasteiger partial charge in [-0.25, -0.2) is 4.79 Å². The predicted molar refractivity (Wildman–Crippen MR) is 74.2 cm³/mol.